The fourth-order valence-corrected chi connectivity index (χ4v) is 7.92. The molecule has 8 rings (SSSR count). The zero-order chi connectivity index (χ0) is 36.2. The van der Waals surface area contributed by atoms with E-state index in [4.69, 9.17) is 10.7 Å². The Hall–Kier alpha value is -6.71. The van der Waals surface area contributed by atoms with Gasteiger partial charge in [-0.3, -0.25) is 4.57 Å². The van der Waals surface area contributed by atoms with Gasteiger partial charge in [-0.1, -0.05) is 170 Å². The second-order valence-electron chi connectivity index (χ2n) is 13.3. The maximum Gasteiger partial charge on any atom is 0.161 e. The highest BCUT2D eigenvalue weighted by atomic mass is 15.1. The third kappa shape index (κ3) is 5.96. The quantitative estimate of drug-likeness (QED) is 0.146. The average molecular weight is 684 g/mol. The minimum Gasteiger partial charge on any atom is -0.396 e. The Morgan fingerprint density at radius 2 is 1.34 bits per heavy atom. The van der Waals surface area contributed by atoms with Crippen LogP contribution in [0, 0.1) is 0 Å². The number of hydrogen-bond acceptors (Lipinski definition) is 2. The van der Waals surface area contributed by atoms with Crippen molar-refractivity contribution >= 4 is 27.9 Å². The van der Waals surface area contributed by atoms with Gasteiger partial charge in [0.05, 0.1) is 22.1 Å². The van der Waals surface area contributed by atoms with Crippen LogP contribution >= 0.6 is 0 Å². The first-order chi connectivity index (χ1) is 26.1. The molecule has 0 fully saturated rings. The molecule has 1 aromatic heterocycles. The molecular formula is C50H41N3. The van der Waals surface area contributed by atoms with E-state index in [2.05, 4.69) is 170 Å². The first kappa shape index (κ1) is 33.4. The Morgan fingerprint density at radius 3 is 2.06 bits per heavy atom. The van der Waals surface area contributed by atoms with Crippen LogP contribution in [0.4, 0.5) is 0 Å². The summed E-state index contributed by atoms with van der Waals surface area (Å²) in [7, 11) is 0. The van der Waals surface area contributed by atoms with Gasteiger partial charge in [-0.25, -0.2) is 4.98 Å². The van der Waals surface area contributed by atoms with Crippen LogP contribution in [0.25, 0.3) is 33.6 Å². The monoisotopic (exact) mass is 683 g/mol. The summed E-state index contributed by atoms with van der Waals surface area (Å²) >= 11 is 0. The molecule has 0 saturated heterocycles. The molecule has 1 aliphatic rings. The second-order valence-corrected chi connectivity index (χ2v) is 13.3. The molecule has 1 unspecified atom stereocenters. The predicted molar refractivity (Wildman–Crippen MR) is 222 cm³/mol. The summed E-state index contributed by atoms with van der Waals surface area (Å²) in [5.74, 6) is 0.711. The highest BCUT2D eigenvalue weighted by Crippen LogP contribution is 2.55. The third-order valence-corrected chi connectivity index (χ3v) is 10.3. The van der Waals surface area contributed by atoms with E-state index < -0.39 is 5.41 Å². The molecule has 0 spiro atoms. The van der Waals surface area contributed by atoms with Crippen molar-refractivity contribution in [3.63, 3.8) is 0 Å². The average Bonchev–Trinajstić information content (AvgIpc) is 3.75. The summed E-state index contributed by atoms with van der Waals surface area (Å²) in [6, 6.07) is 57.6. The largest absolute Gasteiger partial charge is 0.396 e. The summed E-state index contributed by atoms with van der Waals surface area (Å²) in [6.07, 6.45) is 11.5. The molecule has 256 valence electrons. The maximum absolute atomic E-state index is 7.08. The van der Waals surface area contributed by atoms with E-state index in [-0.39, 0.29) is 0 Å². The molecule has 0 saturated carbocycles. The normalized spacial score (nSPS) is 16.0. The van der Waals surface area contributed by atoms with Crippen LogP contribution in [0.3, 0.4) is 0 Å². The maximum atomic E-state index is 7.08. The summed E-state index contributed by atoms with van der Waals surface area (Å²) < 4.78 is 2.15. The number of nitrogens with two attached hydrogens (primary N) is 1. The van der Waals surface area contributed by atoms with Gasteiger partial charge in [-0.15, -0.1) is 0 Å². The lowest BCUT2D eigenvalue weighted by Gasteiger charge is -2.35. The first-order valence-electron chi connectivity index (χ1n) is 18.1. The molecule has 1 heterocycles. The molecule has 3 nitrogen and oxygen atoms in total. The lowest BCUT2D eigenvalue weighted by Crippen LogP contribution is -2.29. The molecule has 53 heavy (non-hydrogen) atoms. The molecule has 0 amide bonds. The van der Waals surface area contributed by atoms with E-state index in [0.29, 0.717) is 11.5 Å². The van der Waals surface area contributed by atoms with Crippen molar-refractivity contribution in [3.05, 3.63) is 246 Å². The van der Waals surface area contributed by atoms with E-state index >= 15 is 0 Å². The SMILES string of the molecule is C=CC1=C(/C=C\C)C(c2ccccc2)(c2ccc(C(/C=C(\N)c3nc4ccccc4n3-c3ccccc3)=C/Cc3ccccc3)cc2)c2ccccc21. The molecule has 3 heteroatoms. The fourth-order valence-electron chi connectivity index (χ4n) is 7.92. The Kier molecular flexibility index (Phi) is 9.14. The van der Waals surface area contributed by atoms with Gasteiger partial charge in [-0.05, 0) is 93.8 Å². The predicted octanol–water partition coefficient (Wildman–Crippen LogP) is 11.5. The van der Waals surface area contributed by atoms with E-state index in [1.54, 1.807) is 0 Å². The van der Waals surface area contributed by atoms with Crippen LogP contribution in [-0.4, -0.2) is 9.55 Å². The molecule has 1 atom stereocenters. The zero-order valence-corrected chi connectivity index (χ0v) is 29.9. The van der Waals surface area contributed by atoms with E-state index in [1.165, 1.54) is 33.4 Å². The molecule has 0 radical (unpaired) electrons. The van der Waals surface area contributed by atoms with Crippen molar-refractivity contribution in [2.45, 2.75) is 18.8 Å². The number of benzene rings is 6. The Morgan fingerprint density at radius 1 is 0.717 bits per heavy atom. The Bertz CT molecular complexity index is 2530. The van der Waals surface area contributed by atoms with Crippen molar-refractivity contribution in [2.75, 3.05) is 0 Å². The molecule has 1 aliphatic carbocycles. The van der Waals surface area contributed by atoms with Crippen molar-refractivity contribution in [3.8, 4) is 5.69 Å². The van der Waals surface area contributed by atoms with Crippen molar-refractivity contribution < 1.29 is 0 Å². The lowest BCUT2D eigenvalue weighted by molar-refractivity contribution is 0.761. The number of rotatable bonds is 10. The summed E-state index contributed by atoms with van der Waals surface area (Å²) in [5.41, 5.74) is 20.7. The zero-order valence-electron chi connectivity index (χ0n) is 29.9. The third-order valence-electron chi connectivity index (χ3n) is 10.3. The van der Waals surface area contributed by atoms with Crippen LogP contribution < -0.4 is 5.73 Å². The van der Waals surface area contributed by atoms with Crippen molar-refractivity contribution in [1.82, 2.24) is 9.55 Å². The Balaban J connectivity index is 1.29. The molecule has 2 N–H and O–H groups in total. The van der Waals surface area contributed by atoms with Gasteiger partial charge in [0.15, 0.2) is 5.82 Å². The second kappa shape index (κ2) is 14.5. The first-order valence-corrected chi connectivity index (χ1v) is 18.1. The topological polar surface area (TPSA) is 43.8 Å². The number of allylic oxidation sites excluding steroid dienone is 8. The molecule has 0 bridgehead atoms. The molecule has 0 aliphatic heterocycles. The van der Waals surface area contributed by atoms with Crippen molar-refractivity contribution in [2.24, 2.45) is 5.73 Å². The summed E-state index contributed by atoms with van der Waals surface area (Å²) in [4.78, 5) is 5.05. The standard InChI is InChI=1S/C50H41N3/c1-3-18-44-42(4-2)43-25-14-15-26-45(43)50(44,39-21-10-6-11-22-39)40-33-31-37(32-34-40)38(30-29-36-19-8-5-9-20-36)35-46(51)49-52-47-27-16-17-28-48(47)53(49)41-23-12-7-13-24-41/h3-28,30-35H,2,29,51H2,1H3/b18-3-,38-30+,46-35-. The van der Waals surface area contributed by atoms with E-state index in [1.807, 2.05) is 42.5 Å². The van der Waals surface area contributed by atoms with Crippen LogP contribution in [0.15, 0.2) is 206 Å². The van der Waals surface area contributed by atoms with Gasteiger partial charge >= 0.3 is 0 Å². The van der Waals surface area contributed by atoms with E-state index in [9.17, 15) is 0 Å². The smallest absolute Gasteiger partial charge is 0.161 e. The molecule has 6 aromatic carbocycles. The Labute approximate surface area is 312 Å². The summed E-state index contributed by atoms with van der Waals surface area (Å²) in [6.45, 7) is 6.36. The highest BCUT2D eigenvalue weighted by Gasteiger charge is 2.46. The fraction of sp³-hybridized carbons (Fsp3) is 0.0600. The highest BCUT2D eigenvalue weighted by molar-refractivity contribution is 5.92. The van der Waals surface area contributed by atoms with Gasteiger partial charge in [0, 0.05) is 5.69 Å². The van der Waals surface area contributed by atoms with Crippen molar-refractivity contribution in [1.29, 1.82) is 0 Å². The van der Waals surface area contributed by atoms with Gasteiger partial charge in [0.2, 0.25) is 0 Å². The molecular weight excluding hydrogens is 643 g/mol. The van der Waals surface area contributed by atoms with Crippen LogP contribution in [-0.2, 0) is 11.8 Å². The number of para-hydroxylation sites is 3. The van der Waals surface area contributed by atoms with Gasteiger partial charge in [0.25, 0.3) is 0 Å². The minimum atomic E-state index is -0.518. The van der Waals surface area contributed by atoms with Gasteiger partial charge < -0.3 is 5.73 Å². The lowest BCUT2D eigenvalue weighted by atomic mass is 9.66. The minimum absolute atomic E-state index is 0.518. The van der Waals surface area contributed by atoms with Gasteiger partial charge in [0.1, 0.15) is 0 Å². The van der Waals surface area contributed by atoms with E-state index in [0.717, 1.165) is 39.9 Å². The number of nitrogens with zero attached hydrogens (tertiary/aromatic N) is 2. The number of fused-ring (bicyclic) bond motifs is 2. The van der Waals surface area contributed by atoms with Crippen LogP contribution in [0.2, 0.25) is 0 Å². The number of imidazole rings is 1. The summed E-state index contributed by atoms with van der Waals surface area (Å²) in [5, 5.41) is 0. The van der Waals surface area contributed by atoms with Crippen LogP contribution in [0.1, 0.15) is 46.1 Å². The van der Waals surface area contributed by atoms with Crippen LogP contribution in [0.5, 0.6) is 0 Å². The number of aromatic nitrogens is 2. The molecule has 7 aromatic rings. The van der Waals surface area contributed by atoms with Gasteiger partial charge in [-0.2, -0.15) is 0 Å². The number of hydrogen-bond donors (Lipinski definition) is 1.